The number of hydrogen-bond acceptors (Lipinski definition) is 3. The summed E-state index contributed by atoms with van der Waals surface area (Å²) in [6.07, 6.45) is 0.465. The van der Waals surface area contributed by atoms with Crippen LogP contribution in [0.25, 0.3) is 0 Å². The highest BCUT2D eigenvalue weighted by Crippen LogP contribution is 2.18. The van der Waals surface area contributed by atoms with Crippen LogP contribution < -0.4 is 10.6 Å². The second-order valence-corrected chi connectivity index (χ2v) is 4.70. The van der Waals surface area contributed by atoms with Crippen molar-refractivity contribution in [3.8, 4) is 0 Å². The monoisotopic (exact) mass is 292 g/mol. The zero-order valence-electron chi connectivity index (χ0n) is 12.0. The maximum absolute atomic E-state index is 11.8. The van der Waals surface area contributed by atoms with Crippen molar-refractivity contribution in [2.24, 2.45) is 0 Å². The molecule has 114 valence electrons. The number of hydrogen-bond donors (Lipinski definition) is 3. The van der Waals surface area contributed by atoms with Gasteiger partial charge in [-0.15, -0.1) is 0 Å². The molecular formula is C15H20N2O4. The van der Waals surface area contributed by atoms with Gasteiger partial charge in [0.05, 0.1) is 6.04 Å². The van der Waals surface area contributed by atoms with E-state index in [1.807, 2.05) is 30.3 Å². The molecule has 0 spiro atoms. The van der Waals surface area contributed by atoms with Crippen LogP contribution in [0.2, 0.25) is 0 Å². The predicted molar refractivity (Wildman–Crippen MR) is 77.5 cm³/mol. The molecule has 21 heavy (non-hydrogen) atoms. The first-order valence-corrected chi connectivity index (χ1v) is 6.79. The molecule has 0 saturated heterocycles. The van der Waals surface area contributed by atoms with Gasteiger partial charge in [0, 0.05) is 26.3 Å². The molecular weight excluding hydrogens is 272 g/mol. The molecule has 1 rings (SSSR count). The third-order valence-electron chi connectivity index (χ3n) is 2.91. The van der Waals surface area contributed by atoms with E-state index < -0.39 is 5.97 Å². The van der Waals surface area contributed by atoms with Gasteiger partial charge in [-0.2, -0.15) is 0 Å². The Kier molecular flexibility index (Phi) is 6.94. The summed E-state index contributed by atoms with van der Waals surface area (Å²) >= 11 is 0. The van der Waals surface area contributed by atoms with E-state index in [0.29, 0.717) is 6.42 Å². The van der Waals surface area contributed by atoms with Crippen molar-refractivity contribution in [2.75, 3.05) is 6.54 Å². The highest BCUT2D eigenvalue weighted by molar-refractivity contribution is 5.78. The first kappa shape index (κ1) is 16.7. The van der Waals surface area contributed by atoms with E-state index in [4.69, 9.17) is 5.11 Å². The molecule has 0 aliphatic rings. The number of carbonyl (C=O) groups excluding carboxylic acids is 2. The van der Waals surface area contributed by atoms with Gasteiger partial charge in [0.1, 0.15) is 0 Å². The van der Waals surface area contributed by atoms with Crippen molar-refractivity contribution >= 4 is 17.8 Å². The van der Waals surface area contributed by atoms with Crippen LogP contribution in [-0.2, 0) is 14.4 Å². The van der Waals surface area contributed by atoms with Crippen LogP contribution in [0.3, 0.4) is 0 Å². The van der Waals surface area contributed by atoms with Crippen molar-refractivity contribution in [3.05, 3.63) is 35.9 Å². The lowest BCUT2D eigenvalue weighted by atomic mass is 10.0. The minimum Gasteiger partial charge on any atom is -0.481 e. The summed E-state index contributed by atoms with van der Waals surface area (Å²) < 4.78 is 0. The third kappa shape index (κ3) is 7.10. The Bertz CT molecular complexity index is 488. The van der Waals surface area contributed by atoms with Gasteiger partial charge in [0.2, 0.25) is 11.8 Å². The van der Waals surface area contributed by atoms with Gasteiger partial charge in [-0.25, -0.2) is 0 Å². The minimum atomic E-state index is -0.900. The van der Waals surface area contributed by atoms with Crippen molar-refractivity contribution in [3.63, 3.8) is 0 Å². The number of rotatable bonds is 8. The smallest absolute Gasteiger partial charge is 0.303 e. The summed E-state index contributed by atoms with van der Waals surface area (Å²) in [4.78, 5) is 33.3. The third-order valence-corrected chi connectivity index (χ3v) is 2.91. The minimum absolute atomic E-state index is 0.0223. The standard InChI is InChI=1S/C15H20N2O4/c1-11(18)16-10-9-14(19)17-13(7-8-15(20)21)12-5-3-2-4-6-12/h2-6,13H,7-10H2,1H3,(H,16,18)(H,17,19)(H,20,21). The molecule has 0 radical (unpaired) electrons. The zero-order valence-corrected chi connectivity index (χ0v) is 12.0. The first-order valence-electron chi connectivity index (χ1n) is 6.79. The summed E-state index contributed by atoms with van der Waals surface area (Å²) in [5.41, 5.74) is 0.867. The summed E-state index contributed by atoms with van der Waals surface area (Å²) in [6.45, 7) is 1.65. The van der Waals surface area contributed by atoms with Crippen LogP contribution in [0.5, 0.6) is 0 Å². The summed E-state index contributed by atoms with van der Waals surface area (Å²) in [5.74, 6) is -1.31. The number of carbonyl (C=O) groups is 3. The molecule has 0 heterocycles. The molecule has 0 aromatic heterocycles. The van der Waals surface area contributed by atoms with Gasteiger partial charge in [0.25, 0.3) is 0 Å². The number of benzene rings is 1. The fourth-order valence-electron chi connectivity index (χ4n) is 1.89. The Morgan fingerprint density at radius 2 is 1.81 bits per heavy atom. The summed E-state index contributed by atoms with van der Waals surface area (Å²) in [6, 6.07) is 8.89. The lowest BCUT2D eigenvalue weighted by Gasteiger charge is -2.18. The fraction of sp³-hybridized carbons (Fsp3) is 0.400. The highest BCUT2D eigenvalue weighted by Gasteiger charge is 2.15. The molecule has 0 bridgehead atoms. The van der Waals surface area contributed by atoms with Crippen molar-refractivity contribution in [1.29, 1.82) is 0 Å². The molecule has 0 fully saturated rings. The molecule has 6 heteroatoms. The number of nitrogens with one attached hydrogen (secondary N) is 2. The molecule has 3 N–H and O–H groups in total. The van der Waals surface area contributed by atoms with Crippen LogP contribution in [0.15, 0.2) is 30.3 Å². The molecule has 1 unspecified atom stereocenters. The summed E-state index contributed by atoms with van der Waals surface area (Å²) in [5, 5.41) is 14.1. The van der Waals surface area contributed by atoms with Crippen LogP contribution in [0.1, 0.15) is 37.8 Å². The fourth-order valence-corrected chi connectivity index (χ4v) is 1.89. The van der Waals surface area contributed by atoms with E-state index in [2.05, 4.69) is 10.6 Å². The maximum atomic E-state index is 11.8. The first-order chi connectivity index (χ1) is 9.99. The van der Waals surface area contributed by atoms with Crippen LogP contribution in [-0.4, -0.2) is 29.4 Å². The van der Waals surface area contributed by atoms with Crippen LogP contribution in [0, 0.1) is 0 Å². The number of carboxylic acid groups (broad SMARTS) is 1. The zero-order chi connectivity index (χ0) is 15.7. The average Bonchev–Trinajstić information content (AvgIpc) is 2.43. The van der Waals surface area contributed by atoms with E-state index >= 15 is 0 Å². The van der Waals surface area contributed by atoms with Gasteiger partial charge < -0.3 is 15.7 Å². The Morgan fingerprint density at radius 3 is 2.38 bits per heavy atom. The second kappa shape index (κ2) is 8.73. The topological polar surface area (TPSA) is 95.5 Å². The lowest BCUT2D eigenvalue weighted by molar-refractivity contribution is -0.137. The molecule has 0 aliphatic carbocycles. The normalized spacial score (nSPS) is 11.5. The summed E-state index contributed by atoms with van der Waals surface area (Å²) in [7, 11) is 0. The maximum Gasteiger partial charge on any atom is 0.303 e. The van der Waals surface area contributed by atoms with Gasteiger partial charge in [-0.1, -0.05) is 30.3 Å². The highest BCUT2D eigenvalue weighted by atomic mass is 16.4. The van der Waals surface area contributed by atoms with E-state index in [1.54, 1.807) is 0 Å². The molecule has 1 aromatic carbocycles. The molecule has 2 amide bonds. The van der Waals surface area contributed by atoms with Crippen LogP contribution >= 0.6 is 0 Å². The average molecular weight is 292 g/mol. The van der Waals surface area contributed by atoms with Gasteiger partial charge in [-0.05, 0) is 12.0 Å². The SMILES string of the molecule is CC(=O)NCCC(=O)NC(CCC(=O)O)c1ccccc1. The molecule has 0 aliphatic heterocycles. The van der Waals surface area contributed by atoms with Crippen molar-refractivity contribution in [2.45, 2.75) is 32.2 Å². The quantitative estimate of drug-likeness (QED) is 0.671. The Hall–Kier alpha value is -2.37. The number of carboxylic acids is 1. The van der Waals surface area contributed by atoms with Gasteiger partial charge in [-0.3, -0.25) is 14.4 Å². The number of aliphatic carboxylic acids is 1. The Balaban J connectivity index is 2.58. The molecule has 0 saturated carbocycles. The second-order valence-electron chi connectivity index (χ2n) is 4.70. The van der Waals surface area contributed by atoms with Gasteiger partial charge in [0.15, 0.2) is 0 Å². The van der Waals surface area contributed by atoms with E-state index in [9.17, 15) is 14.4 Å². The van der Waals surface area contributed by atoms with E-state index in [1.165, 1.54) is 6.92 Å². The van der Waals surface area contributed by atoms with Crippen LogP contribution in [0.4, 0.5) is 0 Å². The van der Waals surface area contributed by atoms with E-state index in [0.717, 1.165) is 5.56 Å². The van der Waals surface area contributed by atoms with Gasteiger partial charge >= 0.3 is 5.97 Å². The van der Waals surface area contributed by atoms with Crippen molar-refractivity contribution < 1.29 is 19.5 Å². The van der Waals surface area contributed by atoms with E-state index in [-0.39, 0.29) is 37.2 Å². The predicted octanol–water partition coefficient (Wildman–Crippen LogP) is 1.23. The Morgan fingerprint density at radius 1 is 1.14 bits per heavy atom. The number of amides is 2. The van der Waals surface area contributed by atoms with Crippen molar-refractivity contribution in [1.82, 2.24) is 10.6 Å². The molecule has 6 nitrogen and oxygen atoms in total. The lowest BCUT2D eigenvalue weighted by Crippen LogP contribution is -2.32. The largest absolute Gasteiger partial charge is 0.481 e. The Labute approximate surface area is 123 Å². The molecule has 1 aromatic rings. The molecule has 1 atom stereocenters.